The predicted octanol–water partition coefficient (Wildman–Crippen LogP) is 1.96. The second-order valence-corrected chi connectivity index (χ2v) is 5.99. The van der Waals surface area contributed by atoms with Gasteiger partial charge in [-0.3, -0.25) is 9.71 Å². The molecule has 0 bridgehead atoms. The lowest BCUT2D eigenvalue weighted by molar-refractivity contribution is 0.280. The second-order valence-electron chi connectivity index (χ2n) is 4.34. The van der Waals surface area contributed by atoms with E-state index in [1.165, 1.54) is 18.3 Å². The molecule has 0 amide bonds. The van der Waals surface area contributed by atoms with Crippen LogP contribution in [0.25, 0.3) is 0 Å². The first kappa shape index (κ1) is 15.3. The Morgan fingerprint density at radius 3 is 2.62 bits per heavy atom. The number of halogens is 2. The summed E-state index contributed by atoms with van der Waals surface area (Å²) in [5, 5.41) is 8.96. The molecule has 0 fully saturated rings. The molecule has 5 nitrogen and oxygen atoms in total. The molecule has 0 aliphatic carbocycles. The number of benzene rings is 1. The van der Waals surface area contributed by atoms with Crippen molar-refractivity contribution in [1.29, 1.82) is 0 Å². The van der Waals surface area contributed by atoms with Gasteiger partial charge in [-0.15, -0.1) is 0 Å². The number of aryl methyl sites for hydroxylation is 1. The summed E-state index contributed by atoms with van der Waals surface area (Å²) < 4.78 is 53.5. The van der Waals surface area contributed by atoms with Crippen molar-refractivity contribution in [1.82, 2.24) is 4.98 Å². The lowest BCUT2D eigenvalue weighted by Crippen LogP contribution is -2.16. The number of hydrogen-bond donors (Lipinski definition) is 2. The molecule has 21 heavy (non-hydrogen) atoms. The van der Waals surface area contributed by atoms with E-state index in [0.717, 1.165) is 12.1 Å². The van der Waals surface area contributed by atoms with E-state index in [1.54, 1.807) is 6.92 Å². The Kier molecular flexibility index (Phi) is 4.19. The van der Waals surface area contributed by atoms with Crippen LogP contribution in [0.1, 0.15) is 11.3 Å². The van der Waals surface area contributed by atoms with Crippen LogP contribution in [-0.4, -0.2) is 18.5 Å². The van der Waals surface area contributed by atoms with Gasteiger partial charge in [-0.1, -0.05) is 0 Å². The molecule has 0 aliphatic heterocycles. The monoisotopic (exact) mass is 314 g/mol. The molecular formula is C13H12F2N2O3S. The molecule has 0 saturated carbocycles. The molecule has 1 aromatic heterocycles. The molecule has 1 aromatic carbocycles. The molecule has 0 unspecified atom stereocenters. The maximum atomic E-state index is 13.7. The van der Waals surface area contributed by atoms with Crippen molar-refractivity contribution in [2.75, 3.05) is 4.72 Å². The quantitative estimate of drug-likeness (QED) is 0.904. The minimum absolute atomic E-state index is 0.0415. The minimum atomic E-state index is -4.32. The zero-order chi connectivity index (χ0) is 15.6. The van der Waals surface area contributed by atoms with Gasteiger partial charge in [0.1, 0.15) is 4.90 Å². The van der Waals surface area contributed by atoms with Gasteiger partial charge in [-0.2, -0.15) is 0 Å². The number of aromatic nitrogens is 1. The molecule has 0 radical (unpaired) electrons. The summed E-state index contributed by atoms with van der Waals surface area (Å²) >= 11 is 0. The number of rotatable bonds is 4. The predicted molar refractivity (Wildman–Crippen MR) is 72.1 cm³/mol. The van der Waals surface area contributed by atoms with Crippen LogP contribution in [0.5, 0.6) is 0 Å². The van der Waals surface area contributed by atoms with E-state index in [2.05, 4.69) is 9.71 Å². The number of nitrogens with one attached hydrogen (secondary N) is 1. The molecule has 1 heterocycles. The van der Waals surface area contributed by atoms with Crippen LogP contribution in [0.3, 0.4) is 0 Å². The van der Waals surface area contributed by atoms with Crippen molar-refractivity contribution in [3.63, 3.8) is 0 Å². The average Bonchev–Trinajstić information content (AvgIpc) is 2.41. The highest BCUT2D eigenvalue weighted by Gasteiger charge is 2.23. The van der Waals surface area contributed by atoms with Crippen molar-refractivity contribution < 1.29 is 22.3 Å². The zero-order valence-corrected chi connectivity index (χ0v) is 11.8. The van der Waals surface area contributed by atoms with Gasteiger partial charge in [-0.25, -0.2) is 17.2 Å². The smallest absolute Gasteiger partial charge is 0.264 e. The number of sulfonamides is 1. The maximum absolute atomic E-state index is 13.7. The molecule has 2 aromatic rings. The van der Waals surface area contributed by atoms with Gasteiger partial charge in [0, 0.05) is 11.9 Å². The number of hydrogen-bond acceptors (Lipinski definition) is 4. The Morgan fingerprint density at radius 1 is 1.29 bits per heavy atom. The average molecular weight is 314 g/mol. The third-order valence-electron chi connectivity index (χ3n) is 2.68. The molecule has 112 valence electrons. The topological polar surface area (TPSA) is 79.3 Å². The maximum Gasteiger partial charge on any atom is 0.264 e. The highest BCUT2D eigenvalue weighted by atomic mass is 32.2. The molecule has 0 saturated heterocycles. The summed E-state index contributed by atoms with van der Waals surface area (Å²) in [6.45, 7) is 1.05. The summed E-state index contributed by atoms with van der Waals surface area (Å²) in [5.41, 5.74) is 0.697. The Balaban J connectivity index is 2.47. The van der Waals surface area contributed by atoms with Crippen LogP contribution in [0.4, 0.5) is 14.5 Å². The number of aliphatic hydroxyl groups excluding tert-OH is 1. The third-order valence-corrected chi connectivity index (χ3v) is 4.06. The van der Waals surface area contributed by atoms with Crippen LogP contribution < -0.4 is 4.72 Å². The zero-order valence-electron chi connectivity index (χ0n) is 11.0. The van der Waals surface area contributed by atoms with Crippen molar-refractivity contribution in [2.45, 2.75) is 18.4 Å². The normalized spacial score (nSPS) is 11.4. The van der Waals surface area contributed by atoms with Gasteiger partial charge in [0.15, 0.2) is 11.6 Å². The number of anilines is 1. The highest BCUT2D eigenvalue weighted by Crippen LogP contribution is 2.22. The molecule has 2 rings (SSSR count). The van der Waals surface area contributed by atoms with Crippen LogP contribution in [0, 0.1) is 18.6 Å². The van der Waals surface area contributed by atoms with Crippen LogP contribution >= 0.6 is 0 Å². The number of nitrogens with zero attached hydrogens (tertiary/aromatic N) is 1. The van der Waals surface area contributed by atoms with Gasteiger partial charge < -0.3 is 5.11 Å². The largest absolute Gasteiger partial charge is 0.392 e. The Hall–Kier alpha value is -2.06. The SMILES string of the molecule is Cc1cc(NS(=O)(=O)c2cc(CO)cc(F)c2F)ccn1. The fourth-order valence-electron chi connectivity index (χ4n) is 1.72. The minimum Gasteiger partial charge on any atom is -0.392 e. The standard InChI is InChI=1S/C13H12F2N2O3S/c1-8-4-10(2-3-16-8)17-21(19,20)12-6-9(7-18)5-11(14)13(12)15/h2-6,18H,7H2,1H3,(H,16,17). The molecular weight excluding hydrogens is 302 g/mol. The van der Waals surface area contributed by atoms with Crippen molar-refractivity contribution in [2.24, 2.45) is 0 Å². The van der Waals surface area contributed by atoms with E-state index in [9.17, 15) is 17.2 Å². The van der Waals surface area contributed by atoms with Gasteiger partial charge >= 0.3 is 0 Å². The summed E-state index contributed by atoms with van der Waals surface area (Å²) in [5.74, 6) is -2.83. The lowest BCUT2D eigenvalue weighted by atomic mass is 10.2. The fraction of sp³-hybridized carbons (Fsp3) is 0.154. The Morgan fingerprint density at radius 2 is 2.00 bits per heavy atom. The summed E-state index contributed by atoms with van der Waals surface area (Å²) in [6, 6.07) is 4.45. The first-order valence-corrected chi connectivity index (χ1v) is 7.36. The van der Waals surface area contributed by atoms with Gasteiger partial charge in [-0.05, 0) is 36.8 Å². The van der Waals surface area contributed by atoms with E-state index in [1.807, 2.05) is 0 Å². The van der Waals surface area contributed by atoms with Crippen molar-refractivity contribution >= 4 is 15.7 Å². The van der Waals surface area contributed by atoms with Crippen LogP contribution in [0.2, 0.25) is 0 Å². The van der Waals surface area contributed by atoms with E-state index in [-0.39, 0.29) is 11.3 Å². The van der Waals surface area contributed by atoms with E-state index in [0.29, 0.717) is 5.69 Å². The molecule has 0 atom stereocenters. The van der Waals surface area contributed by atoms with E-state index < -0.39 is 33.2 Å². The number of aliphatic hydroxyl groups is 1. The summed E-state index contributed by atoms with van der Waals surface area (Å²) in [7, 11) is -4.32. The first-order valence-electron chi connectivity index (χ1n) is 5.88. The van der Waals surface area contributed by atoms with Crippen LogP contribution in [-0.2, 0) is 16.6 Å². The van der Waals surface area contributed by atoms with Crippen LogP contribution in [0.15, 0.2) is 35.4 Å². The first-order chi connectivity index (χ1) is 9.83. The lowest BCUT2D eigenvalue weighted by Gasteiger charge is -2.10. The third kappa shape index (κ3) is 3.34. The molecule has 0 spiro atoms. The molecule has 8 heteroatoms. The molecule has 2 N–H and O–H groups in total. The van der Waals surface area contributed by atoms with Gasteiger partial charge in [0.05, 0.1) is 12.3 Å². The van der Waals surface area contributed by atoms with Crippen molar-refractivity contribution in [3.8, 4) is 0 Å². The molecule has 0 aliphatic rings. The summed E-state index contributed by atoms with van der Waals surface area (Å²) in [6.07, 6.45) is 1.38. The highest BCUT2D eigenvalue weighted by molar-refractivity contribution is 7.92. The fourth-order valence-corrected chi connectivity index (χ4v) is 2.91. The summed E-state index contributed by atoms with van der Waals surface area (Å²) in [4.78, 5) is 3.04. The van der Waals surface area contributed by atoms with E-state index >= 15 is 0 Å². The Bertz CT molecular complexity index is 779. The number of pyridine rings is 1. The van der Waals surface area contributed by atoms with Gasteiger partial charge in [0.2, 0.25) is 0 Å². The second kappa shape index (κ2) is 5.74. The Labute approximate surface area is 120 Å². The van der Waals surface area contributed by atoms with E-state index in [4.69, 9.17) is 5.11 Å². The van der Waals surface area contributed by atoms with Gasteiger partial charge in [0.25, 0.3) is 10.0 Å². The van der Waals surface area contributed by atoms with Crippen molar-refractivity contribution in [3.05, 3.63) is 53.4 Å².